The second-order valence-corrected chi connectivity index (χ2v) is 6.88. The van der Waals surface area contributed by atoms with E-state index in [1.54, 1.807) is 19.2 Å². The second-order valence-electron chi connectivity index (χ2n) is 6.88. The third-order valence-electron chi connectivity index (χ3n) is 5.03. The molecule has 0 saturated carbocycles. The molecule has 4 nitrogen and oxygen atoms in total. The molecule has 0 aromatic heterocycles. The van der Waals surface area contributed by atoms with E-state index in [4.69, 9.17) is 9.47 Å². The molecule has 27 heavy (non-hydrogen) atoms. The number of hydrogen-bond donors (Lipinski definition) is 0. The number of nitrogens with zero attached hydrogens (tertiary/aromatic N) is 2. The van der Waals surface area contributed by atoms with Crippen LogP contribution in [0.3, 0.4) is 0 Å². The van der Waals surface area contributed by atoms with Gasteiger partial charge in [0.25, 0.3) is 0 Å². The summed E-state index contributed by atoms with van der Waals surface area (Å²) in [6, 6.07) is 13.2. The fourth-order valence-corrected chi connectivity index (χ4v) is 3.46. The lowest BCUT2D eigenvalue weighted by Gasteiger charge is -2.24. The predicted octanol–water partition coefficient (Wildman–Crippen LogP) is 4.34. The van der Waals surface area contributed by atoms with Crippen molar-refractivity contribution in [2.75, 3.05) is 44.8 Å². The molecule has 1 aliphatic rings. The smallest absolute Gasteiger partial charge is 0.165 e. The molecule has 0 radical (unpaired) electrons. The SMILES string of the molecule is CCN(Cc1ccc(OCCN2CCCC2)c(F)c1)c1cccc(OC)c1. The average molecular weight is 372 g/mol. The van der Waals surface area contributed by atoms with Crippen LogP contribution in [0.4, 0.5) is 10.1 Å². The summed E-state index contributed by atoms with van der Waals surface area (Å²) in [5, 5.41) is 0. The Bertz CT molecular complexity index is 732. The van der Waals surface area contributed by atoms with E-state index in [9.17, 15) is 4.39 Å². The number of benzene rings is 2. The first-order valence-electron chi connectivity index (χ1n) is 9.72. The Balaban J connectivity index is 1.59. The third-order valence-corrected chi connectivity index (χ3v) is 5.03. The topological polar surface area (TPSA) is 24.9 Å². The summed E-state index contributed by atoms with van der Waals surface area (Å²) in [5.74, 6) is 0.858. The fourth-order valence-electron chi connectivity index (χ4n) is 3.46. The zero-order chi connectivity index (χ0) is 19.1. The molecule has 0 aliphatic carbocycles. The minimum absolute atomic E-state index is 0.296. The first kappa shape index (κ1) is 19.5. The summed E-state index contributed by atoms with van der Waals surface area (Å²) in [5.41, 5.74) is 1.98. The normalized spacial score (nSPS) is 14.3. The van der Waals surface area contributed by atoms with E-state index in [1.807, 2.05) is 30.3 Å². The fraction of sp³-hybridized carbons (Fsp3) is 0.455. The molecule has 2 aromatic carbocycles. The van der Waals surface area contributed by atoms with Gasteiger partial charge in [0.15, 0.2) is 11.6 Å². The van der Waals surface area contributed by atoms with Crippen LogP contribution in [-0.4, -0.2) is 44.8 Å². The van der Waals surface area contributed by atoms with Crippen LogP contribution in [0, 0.1) is 5.82 Å². The molecule has 5 heteroatoms. The maximum atomic E-state index is 14.4. The van der Waals surface area contributed by atoms with Crippen molar-refractivity contribution in [2.45, 2.75) is 26.3 Å². The Morgan fingerprint density at radius 1 is 1.11 bits per heavy atom. The zero-order valence-electron chi connectivity index (χ0n) is 16.3. The largest absolute Gasteiger partial charge is 0.497 e. The standard InChI is InChI=1S/C22H29FN2O2/c1-3-25(19-7-6-8-20(16-19)26-2)17-18-9-10-22(21(23)15-18)27-14-13-24-11-4-5-12-24/h6-10,15-16H,3-5,11-14,17H2,1-2H3. The molecular weight excluding hydrogens is 343 g/mol. The van der Waals surface area contributed by atoms with Crippen molar-refractivity contribution in [3.8, 4) is 11.5 Å². The molecule has 1 heterocycles. The van der Waals surface area contributed by atoms with E-state index in [1.165, 1.54) is 12.8 Å². The van der Waals surface area contributed by atoms with Gasteiger partial charge in [-0.2, -0.15) is 0 Å². The molecule has 3 rings (SSSR count). The van der Waals surface area contributed by atoms with Gasteiger partial charge in [-0.05, 0) is 62.7 Å². The zero-order valence-corrected chi connectivity index (χ0v) is 16.3. The van der Waals surface area contributed by atoms with Gasteiger partial charge < -0.3 is 14.4 Å². The molecule has 0 N–H and O–H groups in total. The number of halogens is 1. The third kappa shape index (κ3) is 5.36. The van der Waals surface area contributed by atoms with Crippen LogP contribution in [0.15, 0.2) is 42.5 Å². The molecule has 0 bridgehead atoms. The molecule has 2 aromatic rings. The summed E-state index contributed by atoms with van der Waals surface area (Å²) in [6.07, 6.45) is 2.51. The van der Waals surface area contributed by atoms with Crippen molar-refractivity contribution in [1.82, 2.24) is 4.90 Å². The highest BCUT2D eigenvalue weighted by atomic mass is 19.1. The number of anilines is 1. The van der Waals surface area contributed by atoms with Crippen molar-refractivity contribution < 1.29 is 13.9 Å². The van der Waals surface area contributed by atoms with Crippen LogP contribution in [0.25, 0.3) is 0 Å². The van der Waals surface area contributed by atoms with Gasteiger partial charge in [0.1, 0.15) is 12.4 Å². The Labute approximate surface area is 161 Å². The predicted molar refractivity (Wildman–Crippen MR) is 107 cm³/mol. The average Bonchev–Trinajstić information content (AvgIpc) is 3.21. The van der Waals surface area contributed by atoms with Crippen LogP contribution < -0.4 is 14.4 Å². The van der Waals surface area contributed by atoms with Crippen LogP contribution >= 0.6 is 0 Å². The van der Waals surface area contributed by atoms with Gasteiger partial charge in [-0.3, -0.25) is 4.90 Å². The van der Waals surface area contributed by atoms with Crippen molar-refractivity contribution >= 4 is 5.69 Å². The summed E-state index contributed by atoms with van der Waals surface area (Å²) in [6.45, 7) is 7.19. The maximum absolute atomic E-state index is 14.4. The van der Waals surface area contributed by atoms with Crippen LogP contribution in [-0.2, 0) is 6.54 Å². The number of rotatable bonds is 9. The molecule has 0 amide bonds. The number of methoxy groups -OCH3 is 1. The van der Waals surface area contributed by atoms with Crippen molar-refractivity contribution in [1.29, 1.82) is 0 Å². The van der Waals surface area contributed by atoms with Crippen molar-refractivity contribution in [2.24, 2.45) is 0 Å². The van der Waals surface area contributed by atoms with Gasteiger partial charge >= 0.3 is 0 Å². The van der Waals surface area contributed by atoms with Gasteiger partial charge in [0, 0.05) is 31.4 Å². The minimum atomic E-state index is -0.296. The van der Waals surface area contributed by atoms with Crippen LogP contribution in [0.1, 0.15) is 25.3 Å². The summed E-state index contributed by atoms with van der Waals surface area (Å²) in [4.78, 5) is 4.55. The second kappa shape index (κ2) is 9.60. The van der Waals surface area contributed by atoms with Crippen LogP contribution in [0.2, 0.25) is 0 Å². The Kier molecular flexibility index (Phi) is 6.93. The summed E-state index contributed by atoms with van der Waals surface area (Å²) < 4.78 is 25.4. The lowest BCUT2D eigenvalue weighted by Crippen LogP contribution is -2.25. The lowest BCUT2D eigenvalue weighted by atomic mass is 10.1. The Morgan fingerprint density at radius 3 is 2.63 bits per heavy atom. The van der Waals surface area contributed by atoms with Gasteiger partial charge in [-0.1, -0.05) is 12.1 Å². The van der Waals surface area contributed by atoms with Gasteiger partial charge in [-0.25, -0.2) is 4.39 Å². The summed E-state index contributed by atoms with van der Waals surface area (Å²) >= 11 is 0. The van der Waals surface area contributed by atoms with Gasteiger partial charge in [-0.15, -0.1) is 0 Å². The van der Waals surface area contributed by atoms with Gasteiger partial charge in [0.05, 0.1) is 7.11 Å². The molecular formula is C22H29FN2O2. The molecule has 1 fully saturated rings. The first-order chi connectivity index (χ1) is 13.2. The molecule has 0 spiro atoms. The lowest BCUT2D eigenvalue weighted by molar-refractivity contribution is 0.231. The van der Waals surface area contributed by atoms with Crippen LogP contribution in [0.5, 0.6) is 11.5 Å². The quantitative estimate of drug-likeness (QED) is 0.654. The first-order valence-corrected chi connectivity index (χ1v) is 9.72. The van der Waals surface area contributed by atoms with E-state index >= 15 is 0 Å². The van der Waals surface area contributed by atoms with E-state index in [-0.39, 0.29) is 5.82 Å². The van der Waals surface area contributed by atoms with E-state index in [0.717, 1.165) is 43.2 Å². The molecule has 0 atom stereocenters. The summed E-state index contributed by atoms with van der Waals surface area (Å²) in [7, 11) is 1.66. The molecule has 1 saturated heterocycles. The highest BCUT2D eigenvalue weighted by Gasteiger charge is 2.13. The number of ether oxygens (including phenoxy) is 2. The molecule has 0 unspecified atom stereocenters. The monoisotopic (exact) mass is 372 g/mol. The Morgan fingerprint density at radius 2 is 1.93 bits per heavy atom. The van der Waals surface area contributed by atoms with E-state index in [2.05, 4.69) is 16.7 Å². The van der Waals surface area contributed by atoms with E-state index < -0.39 is 0 Å². The number of hydrogen-bond acceptors (Lipinski definition) is 4. The van der Waals surface area contributed by atoms with Gasteiger partial charge in [0.2, 0.25) is 0 Å². The highest BCUT2D eigenvalue weighted by Crippen LogP contribution is 2.24. The van der Waals surface area contributed by atoms with Crippen molar-refractivity contribution in [3.05, 3.63) is 53.8 Å². The highest BCUT2D eigenvalue weighted by molar-refractivity contribution is 5.51. The van der Waals surface area contributed by atoms with Crippen molar-refractivity contribution in [3.63, 3.8) is 0 Å². The van der Waals surface area contributed by atoms with E-state index in [0.29, 0.717) is 18.9 Å². The Hall–Kier alpha value is -2.27. The number of likely N-dealkylation sites (tertiary alicyclic amines) is 1. The maximum Gasteiger partial charge on any atom is 0.165 e. The molecule has 146 valence electrons. The minimum Gasteiger partial charge on any atom is -0.497 e. The molecule has 1 aliphatic heterocycles.